The van der Waals surface area contributed by atoms with Crippen molar-refractivity contribution in [1.29, 1.82) is 0 Å². The molecule has 0 unspecified atom stereocenters. The number of imidazole rings is 1. The van der Waals surface area contributed by atoms with Crippen molar-refractivity contribution in [3.8, 4) is 0 Å². The molecule has 3 rings (SSSR count). The van der Waals surface area contributed by atoms with Crippen LogP contribution in [-0.2, 0) is 19.5 Å². The fourth-order valence-electron chi connectivity index (χ4n) is 2.32. The lowest BCUT2D eigenvalue weighted by atomic mass is 10.2. The molecule has 0 radical (unpaired) electrons. The van der Waals surface area contributed by atoms with E-state index >= 15 is 0 Å². The first kappa shape index (κ1) is 14.5. The zero-order valence-corrected chi connectivity index (χ0v) is 13.9. The fourth-order valence-corrected chi connectivity index (χ4v) is 2.85. The first-order chi connectivity index (χ1) is 10.0. The first-order valence-corrected chi connectivity index (χ1v) is 7.71. The van der Waals surface area contributed by atoms with Crippen molar-refractivity contribution in [1.82, 2.24) is 19.3 Å². The molecule has 0 atom stereocenters. The summed E-state index contributed by atoms with van der Waals surface area (Å²) in [6.45, 7) is 2.62. The Morgan fingerprint density at radius 3 is 2.76 bits per heavy atom. The van der Waals surface area contributed by atoms with Crippen LogP contribution in [0.1, 0.15) is 17.1 Å². The van der Waals surface area contributed by atoms with E-state index in [9.17, 15) is 4.39 Å². The lowest BCUT2D eigenvalue weighted by molar-refractivity contribution is 0.622. The maximum atomic E-state index is 13.6. The Morgan fingerprint density at radius 1 is 1.38 bits per heavy atom. The molecule has 0 aliphatic carbocycles. The van der Waals surface area contributed by atoms with Crippen LogP contribution in [0.3, 0.4) is 0 Å². The molecule has 0 bridgehead atoms. The SMILES string of the molecule is Cc1c(Cn2c(CCl)nc3cc(F)c(Br)cc32)cnn1C. The molecule has 4 nitrogen and oxygen atoms in total. The highest BCUT2D eigenvalue weighted by molar-refractivity contribution is 9.10. The topological polar surface area (TPSA) is 35.6 Å². The zero-order chi connectivity index (χ0) is 15.1. The molecule has 0 aliphatic rings. The standard InChI is InChI=1S/C14H13BrClFN4/c1-8-9(6-18-20(8)2)7-21-13-3-10(15)11(17)4-12(13)19-14(21)5-16/h3-4,6H,5,7H2,1-2H3. The number of aryl methyl sites for hydroxylation is 1. The number of fused-ring (bicyclic) bond motifs is 1. The van der Waals surface area contributed by atoms with Crippen molar-refractivity contribution in [2.75, 3.05) is 0 Å². The van der Waals surface area contributed by atoms with Crippen molar-refractivity contribution in [3.05, 3.63) is 45.7 Å². The van der Waals surface area contributed by atoms with Crippen LogP contribution in [-0.4, -0.2) is 19.3 Å². The number of alkyl halides is 1. The van der Waals surface area contributed by atoms with E-state index in [-0.39, 0.29) is 11.7 Å². The van der Waals surface area contributed by atoms with Gasteiger partial charge in [-0.2, -0.15) is 5.10 Å². The van der Waals surface area contributed by atoms with E-state index in [0.717, 1.165) is 16.8 Å². The van der Waals surface area contributed by atoms with E-state index in [0.29, 0.717) is 22.4 Å². The third-order valence-corrected chi connectivity index (χ3v) is 4.50. The number of benzene rings is 1. The Kier molecular flexibility index (Phi) is 3.75. The molecule has 0 saturated heterocycles. The van der Waals surface area contributed by atoms with E-state index in [2.05, 4.69) is 26.0 Å². The highest BCUT2D eigenvalue weighted by Crippen LogP contribution is 2.26. The van der Waals surface area contributed by atoms with Crippen molar-refractivity contribution < 1.29 is 4.39 Å². The van der Waals surface area contributed by atoms with Gasteiger partial charge < -0.3 is 4.57 Å². The minimum absolute atomic E-state index is 0.271. The van der Waals surface area contributed by atoms with E-state index < -0.39 is 0 Å². The Bertz CT molecular complexity index is 824. The van der Waals surface area contributed by atoms with Gasteiger partial charge in [0, 0.05) is 24.4 Å². The molecule has 7 heteroatoms. The summed E-state index contributed by atoms with van der Waals surface area (Å²) in [5.41, 5.74) is 3.62. The van der Waals surface area contributed by atoms with Crippen LogP contribution in [0.15, 0.2) is 22.8 Å². The smallest absolute Gasteiger partial charge is 0.139 e. The van der Waals surface area contributed by atoms with Crippen molar-refractivity contribution in [3.63, 3.8) is 0 Å². The lowest BCUT2D eigenvalue weighted by Crippen LogP contribution is -2.05. The monoisotopic (exact) mass is 370 g/mol. The van der Waals surface area contributed by atoms with Crippen molar-refractivity contribution in [2.45, 2.75) is 19.3 Å². The van der Waals surface area contributed by atoms with Crippen LogP contribution >= 0.6 is 27.5 Å². The van der Waals surface area contributed by atoms with E-state index in [4.69, 9.17) is 11.6 Å². The molecule has 0 saturated carbocycles. The second kappa shape index (κ2) is 5.42. The summed E-state index contributed by atoms with van der Waals surface area (Å²) in [4.78, 5) is 4.41. The molecule has 2 aromatic heterocycles. The summed E-state index contributed by atoms with van der Waals surface area (Å²) >= 11 is 9.20. The van der Waals surface area contributed by atoms with Crippen LogP contribution in [0.5, 0.6) is 0 Å². The fraction of sp³-hybridized carbons (Fsp3) is 0.286. The van der Waals surface area contributed by atoms with Crippen LogP contribution in [0.2, 0.25) is 0 Å². The number of aromatic nitrogens is 4. The number of rotatable bonds is 3. The summed E-state index contributed by atoms with van der Waals surface area (Å²) in [6, 6.07) is 3.15. The van der Waals surface area contributed by atoms with Gasteiger partial charge in [0.05, 0.1) is 34.1 Å². The van der Waals surface area contributed by atoms with E-state index in [1.54, 1.807) is 6.07 Å². The Labute approximate surface area is 134 Å². The molecule has 3 aromatic rings. The van der Waals surface area contributed by atoms with Crippen LogP contribution in [0.25, 0.3) is 11.0 Å². The van der Waals surface area contributed by atoms with Crippen molar-refractivity contribution in [2.24, 2.45) is 7.05 Å². The Balaban J connectivity index is 2.16. The first-order valence-electron chi connectivity index (χ1n) is 6.39. The summed E-state index contributed by atoms with van der Waals surface area (Å²) in [7, 11) is 1.90. The van der Waals surface area contributed by atoms with Crippen LogP contribution < -0.4 is 0 Å². The predicted molar refractivity (Wildman–Crippen MR) is 84.0 cm³/mol. The number of nitrogens with zero attached hydrogens (tertiary/aromatic N) is 4. The summed E-state index contributed by atoms with van der Waals surface area (Å²) in [5.74, 6) is 0.658. The molecule has 0 N–H and O–H groups in total. The molecule has 110 valence electrons. The van der Waals surface area contributed by atoms with E-state index in [1.165, 1.54) is 6.07 Å². The zero-order valence-electron chi connectivity index (χ0n) is 11.6. The minimum Gasteiger partial charge on any atom is -0.322 e. The van der Waals surface area contributed by atoms with Gasteiger partial charge in [0.1, 0.15) is 11.6 Å². The molecular weight excluding hydrogens is 359 g/mol. The van der Waals surface area contributed by atoms with Gasteiger partial charge in [-0.1, -0.05) is 0 Å². The maximum Gasteiger partial charge on any atom is 0.139 e. The van der Waals surface area contributed by atoms with Gasteiger partial charge in [0.25, 0.3) is 0 Å². The molecule has 0 fully saturated rings. The number of hydrogen-bond acceptors (Lipinski definition) is 2. The highest BCUT2D eigenvalue weighted by atomic mass is 79.9. The highest BCUT2D eigenvalue weighted by Gasteiger charge is 2.15. The minimum atomic E-state index is -0.328. The Hall–Kier alpha value is -1.40. The second-order valence-corrected chi connectivity index (χ2v) is 6.00. The van der Waals surface area contributed by atoms with Gasteiger partial charge in [-0.15, -0.1) is 11.6 Å². The van der Waals surface area contributed by atoms with E-state index in [1.807, 2.05) is 29.4 Å². The van der Waals surface area contributed by atoms with Gasteiger partial charge in [-0.3, -0.25) is 4.68 Å². The summed E-state index contributed by atoms with van der Waals surface area (Å²) in [6.07, 6.45) is 1.83. The van der Waals surface area contributed by atoms with Gasteiger partial charge in [0.2, 0.25) is 0 Å². The largest absolute Gasteiger partial charge is 0.322 e. The van der Waals surface area contributed by atoms with Gasteiger partial charge >= 0.3 is 0 Å². The molecule has 0 amide bonds. The van der Waals surface area contributed by atoms with Gasteiger partial charge in [-0.25, -0.2) is 9.37 Å². The summed E-state index contributed by atoms with van der Waals surface area (Å²) < 4.78 is 17.9. The van der Waals surface area contributed by atoms with Crippen LogP contribution in [0, 0.1) is 12.7 Å². The number of hydrogen-bond donors (Lipinski definition) is 0. The molecule has 0 spiro atoms. The predicted octanol–water partition coefficient (Wildman–Crippen LogP) is 3.77. The average molecular weight is 372 g/mol. The summed E-state index contributed by atoms with van der Waals surface area (Å²) in [5, 5.41) is 4.24. The third kappa shape index (κ3) is 2.46. The normalized spacial score (nSPS) is 11.5. The van der Waals surface area contributed by atoms with Gasteiger partial charge in [0.15, 0.2) is 0 Å². The van der Waals surface area contributed by atoms with Crippen molar-refractivity contribution >= 4 is 38.6 Å². The number of halogens is 3. The second-order valence-electron chi connectivity index (χ2n) is 4.88. The molecule has 1 aromatic carbocycles. The molecule has 21 heavy (non-hydrogen) atoms. The lowest BCUT2D eigenvalue weighted by Gasteiger charge is -2.08. The average Bonchev–Trinajstić information content (AvgIpc) is 2.95. The molecular formula is C14H13BrClFN4. The Morgan fingerprint density at radius 2 is 2.14 bits per heavy atom. The maximum absolute atomic E-state index is 13.6. The molecule has 0 aliphatic heterocycles. The third-order valence-electron chi connectivity index (χ3n) is 3.65. The molecule has 2 heterocycles. The van der Waals surface area contributed by atoms with Gasteiger partial charge in [-0.05, 0) is 28.9 Å². The van der Waals surface area contributed by atoms with Crippen LogP contribution in [0.4, 0.5) is 4.39 Å². The quantitative estimate of drug-likeness (QED) is 0.657.